The zero-order chi connectivity index (χ0) is 24.6. The van der Waals surface area contributed by atoms with E-state index < -0.39 is 18.1 Å². The number of hydrogen-bond acceptors (Lipinski definition) is 6. The van der Waals surface area contributed by atoms with Crippen LogP contribution in [0.4, 0.5) is 4.79 Å². The Bertz CT molecular complexity index is 1210. The van der Waals surface area contributed by atoms with E-state index in [2.05, 4.69) is 27.5 Å². The number of hydrogen-bond donors (Lipinski definition) is 1. The van der Waals surface area contributed by atoms with Gasteiger partial charge in [-0.2, -0.15) is 0 Å². The SMILES string of the molecule is COC(=O)C(Cc1ccc(OCN=[N+]=[N-])cc1)NC(=O)OCC1c2ccccc2-c2ccccc21. The third-order valence-corrected chi connectivity index (χ3v) is 5.84. The Hall–Kier alpha value is -4.49. The van der Waals surface area contributed by atoms with Crippen molar-refractivity contribution in [1.82, 2.24) is 5.32 Å². The van der Waals surface area contributed by atoms with Gasteiger partial charge in [0.25, 0.3) is 0 Å². The first-order valence-electron chi connectivity index (χ1n) is 11.0. The molecular formula is C26H24N4O5. The second-order valence-electron chi connectivity index (χ2n) is 7.90. The molecule has 1 N–H and O–H groups in total. The smallest absolute Gasteiger partial charge is 0.407 e. The highest BCUT2D eigenvalue weighted by molar-refractivity contribution is 5.82. The van der Waals surface area contributed by atoms with E-state index in [1.807, 2.05) is 36.4 Å². The van der Waals surface area contributed by atoms with Crippen LogP contribution in [0.2, 0.25) is 0 Å². The molecule has 4 rings (SSSR count). The molecule has 0 fully saturated rings. The summed E-state index contributed by atoms with van der Waals surface area (Å²) in [6.45, 7) is 0.0228. The van der Waals surface area contributed by atoms with Crippen molar-refractivity contribution in [3.8, 4) is 16.9 Å². The van der Waals surface area contributed by atoms with Gasteiger partial charge in [0, 0.05) is 17.3 Å². The molecule has 1 atom stereocenters. The Kier molecular flexibility index (Phi) is 7.50. The third kappa shape index (κ3) is 5.54. The van der Waals surface area contributed by atoms with Crippen LogP contribution in [0.3, 0.4) is 0 Å². The summed E-state index contributed by atoms with van der Waals surface area (Å²) >= 11 is 0. The normalized spacial score (nSPS) is 12.5. The van der Waals surface area contributed by atoms with Crippen LogP contribution in [0.5, 0.6) is 5.75 Å². The van der Waals surface area contributed by atoms with Crippen LogP contribution >= 0.6 is 0 Å². The average Bonchev–Trinajstić information content (AvgIpc) is 3.21. The molecule has 9 heteroatoms. The summed E-state index contributed by atoms with van der Waals surface area (Å²) in [5.74, 6) is -0.148. The first kappa shape index (κ1) is 23.7. The summed E-state index contributed by atoms with van der Waals surface area (Å²) in [6, 6.07) is 22.1. The Balaban J connectivity index is 1.39. The maximum Gasteiger partial charge on any atom is 0.407 e. The van der Waals surface area contributed by atoms with Crippen molar-refractivity contribution in [2.24, 2.45) is 5.11 Å². The van der Waals surface area contributed by atoms with Gasteiger partial charge in [-0.15, -0.1) is 0 Å². The number of ether oxygens (including phenoxy) is 3. The number of azide groups is 1. The minimum atomic E-state index is -0.925. The molecular weight excluding hydrogens is 448 g/mol. The molecule has 1 unspecified atom stereocenters. The molecule has 0 saturated carbocycles. The van der Waals surface area contributed by atoms with Crippen molar-refractivity contribution in [1.29, 1.82) is 0 Å². The number of esters is 1. The van der Waals surface area contributed by atoms with Crippen LogP contribution in [0.25, 0.3) is 21.6 Å². The van der Waals surface area contributed by atoms with E-state index >= 15 is 0 Å². The average molecular weight is 473 g/mol. The molecule has 0 bridgehead atoms. The summed E-state index contributed by atoms with van der Waals surface area (Å²) in [5.41, 5.74) is 13.6. The van der Waals surface area contributed by atoms with Gasteiger partial charge in [-0.25, -0.2) is 9.59 Å². The molecule has 0 radical (unpaired) electrons. The fourth-order valence-electron chi connectivity index (χ4n) is 4.20. The number of alkyl carbamates (subject to hydrolysis) is 1. The number of carbonyl (C=O) groups excluding carboxylic acids is 2. The summed E-state index contributed by atoms with van der Waals surface area (Å²) in [4.78, 5) is 27.6. The Morgan fingerprint density at radius 1 is 1.00 bits per heavy atom. The summed E-state index contributed by atoms with van der Waals surface area (Å²) in [5, 5.41) is 5.93. The van der Waals surface area contributed by atoms with Crippen LogP contribution < -0.4 is 10.1 Å². The van der Waals surface area contributed by atoms with Gasteiger partial charge in [-0.05, 0) is 45.5 Å². The minimum absolute atomic E-state index is 0.0809. The van der Waals surface area contributed by atoms with E-state index in [0.717, 1.165) is 27.8 Å². The maximum atomic E-state index is 12.6. The Labute approximate surface area is 202 Å². The van der Waals surface area contributed by atoms with Crippen LogP contribution in [0.1, 0.15) is 22.6 Å². The molecule has 0 heterocycles. The van der Waals surface area contributed by atoms with Crippen LogP contribution in [-0.4, -0.2) is 38.6 Å². The van der Waals surface area contributed by atoms with Crippen molar-refractivity contribution in [2.75, 3.05) is 20.4 Å². The number of amides is 1. The molecule has 0 aliphatic heterocycles. The highest BCUT2D eigenvalue weighted by Gasteiger charge is 2.30. The lowest BCUT2D eigenvalue weighted by Gasteiger charge is -2.18. The number of nitrogens with one attached hydrogen (secondary N) is 1. The molecule has 0 spiro atoms. The summed E-state index contributed by atoms with van der Waals surface area (Å²) in [7, 11) is 1.27. The summed E-state index contributed by atoms with van der Waals surface area (Å²) in [6.07, 6.45) is -0.496. The molecule has 35 heavy (non-hydrogen) atoms. The van der Waals surface area contributed by atoms with Crippen molar-refractivity contribution in [3.05, 3.63) is 99.9 Å². The molecule has 1 amide bonds. The molecule has 0 aromatic heterocycles. The molecule has 1 aliphatic rings. The standard InChI is InChI=1S/C26H24N4O5/c1-33-25(31)24(14-17-10-12-18(13-11-17)35-16-28-30-27)29-26(32)34-15-23-21-8-4-2-6-19(21)20-7-3-5-9-22(20)23/h2-13,23-24H,14-16H2,1H3,(H,29,32). The van der Waals surface area contributed by atoms with Gasteiger partial charge in [0.15, 0.2) is 6.73 Å². The third-order valence-electron chi connectivity index (χ3n) is 5.84. The highest BCUT2D eigenvalue weighted by Crippen LogP contribution is 2.44. The van der Waals surface area contributed by atoms with Crippen molar-refractivity contribution in [3.63, 3.8) is 0 Å². The van der Waals surface area contributed by atoms with Gasteiger partial charge < -0.3 is 19.5 Å². The predicted molar refractivity (Wildman–Crippen MR) is 129 cm³/mol. The van der Waals surface area contributed by atoms with Gasteiger partial charge in [-0.3, -0.25) is 0 Å². The maximum absolute atomic E-state index is 12.6. The lowest BCUT2D eigenvalue weighted by atomic mass is 9.98. The Morgan fingerprint density at radius 2 is 1.63 bits per heavy atom. The van der Waals surface area contributed by atoms with Crippen LogP contribution in [0.15, 0.2) is 77.9 Å². The van der Waals surface area contributed by atoms with Crippen molar-refractivity contribution < 1.29 is 23.8 Å². The van der Waals surface area contributed by atoms with E-state index in [1.54, 1.807) is 24.3 Å². The molecule has 9 nitrogen and oxygen atoms in total. The van der Waals surface area contributed by atoms with Crippen molar-refractivity contribution in [2.45, 2.75) is 18.4 Å². The summed E-state index contributed by atoms with van der Waals surface area (Å²) < 4.78 is 15.7. The second-order valence-corrected chi connectivity index (χ2v) is 7.90. The van der Waals surface area contributed by atoms with E-state index in [9.17, 15) is 9.59 Å². The molecule has 0 saturated heterocycles. The van der Waals surface area contributed by atoms with Gasteiger partial charge in [-0.1, -0.05) is 65.8 Å². The quantitative estimate of drug-likeness (QED) is 0.204. The second kappa shape index (κ2) is 11.1. The number of methoxy groups -OCH3 is 1. The van der Waals surface area contributed by atoms with Gasteiger partial charge in [0.2, 0.25) is 0 Å². The fourth-order valence-corrected chi connectivity index (χ4v) is 4.20. The van der Waals surface area contributed by atoms with E-state index in [-0.39, 0.29) is 25.7 Å². The molecule has 1 aliphatic carbocycles. The van der Waals surface area contributed by atoms with Crippen LogP contribution in [-0.2, 0) is 20.7 Å². The van der Waals surface area contributed by atoms with E-state index in [4.69, 9.17) is 19.7 Å². The number of carbonyl (C=O) groups is 2. The zero-order valence-electron chi connectivity index (χ0n) is 19.1. The highest BCUT2D eigenvalue weighted by atomic mass is 16.6. The molecule has 3 aromatic carbocycles. The Morgan fingerprint density at radius 3 is 2.23 bits per heavy atom. The topological polar surface area (TPSA) is 123 Å². The monoisotopic (exact) mass is 472 g/mol. The number of fused-ring (bicyclic) bond motifs is 3. The van der Waals surface area contributed by atoms with E-state index in [0.29, 0.717) is 5.75 Å². The van der Waals surface area contributed by atoms with Crippen molar-refractivity contribution >= 4 is 12.1 Å². The van der Waals surface area contributed by atoms with Gasteiger partial charge >= 0.3 is 12.1 Å². The zero-order valence-corrected chi connectivity index (χ0v) is 19.1. The minimum Gasteiger partial charge on any atom is -0.488 e. The number of nitrogens with zero attached hydrogens (tertiary/aromatic N) is 3. The predicted octanol–water partition coefficient (Wildman–Crippen LogP) is 4.96. The number of rotatable bonds is 9. The first-order chi connectivity index (χ1) is 17.1. The van der Waals surface area contributed by atoms with Crippen LogP contribution in [0, 0.1) is 0 Å². The first-order valence-corrected chi connectivity index (χ1v) is 11.0. The molecule has 3 aromatic rings. The van der Waals surface area contributed by atoms with Gasteiger partial charge in [0.1, 0.15) is 18.4 Å². The lowest BCUT2D eigenvalue weighted by molar-refractivity contribution is -0.143. The fraction of sp³-hybridized carbons (Fsp3) is 0.231. The van der Waals surface area contributed by atoms with Gasteiger partial charge in [0.05, 0.1) is 7.11 Å². The molecule has 178 valence electrons. The lowest BCUT2D eigenvalue weighted by Crippen LogP contribution is -2.43. The number of benzene rings is 3. The largest absolute Gasteiger partial charge is 0.488 e. The van der Waals surface area contributed by atoms with E-state index in [1.165, 1.54) is 7.11 Å².